The van der Waals surface area contributed by atoms with Gasteiger partial charge in [0.2, 0.25) is 0 Å². The molecule has 2 aromatic rings. The van der Waals surface area contributed by atoms with Crippen LogP contribution >= 0.6 is 11.6 Å². The first-order chi connectivity index (χ1) is 8.61. The molecule has 0 aliphatic carbocycles. The predicted molar refractivity (Wildman–Crippen MR) is 68.6 cm³/mol. The van der Waals surface area contributed by atoms with Crippen LogP contribution in [0.15, 0.2) is 36.4 Å². The van der Waals surface area contributed by atoms with E-state index in [0.29, 0.717) is 16.3 Å². The molecule has 2 nitrogen and oxygen atoms in total. The number of para-hydroxylation sites is 1. The summed E-state index contributed by atoms with van der Waals surface area (Å²) in [5, 5.41) is 9.78. The molecule has 0 amide bonds. The standard InChI is InChI=1S/C14H12ClFO2/c1-9-7-11(5-6-12(9)15)18-14-10(8-17)3-2-4-13(14)16/h2-7,17H,8H2,1H3. The number of halogens is 2. The van der Waals surface area contributed by atoms with Gasteiger partial charge in [0, 0.05) is 10.6 Å². The maximum absolute atomic E-state index is 13.6. The van der Waals surface area contributed by atoms with Gasteiger partial charge in [0.15, 0.2) is 11.6 Å². The van der Waals surface area contributed by atoms with E-state index in [1.54, 1.807) is 24.3 Å². The van der Waals surface area contributed by atoms with Crippen molar-refractivity contribution in [1.29, 1.82) is 0 Å². The molecule has 1 N–H and O–H groups in total. The molecule has 0 saturated carbocycles. The monoisotopic (exact) mass is 266 g/mol. The maximum Gasteiger partial charge on any atom is 0.168 e. The van der Waals surface area contributed by atoms with Crippen molar-refractivity contribution in [2.24, 2.45) is 0 Å². The summed E-state index contributed by atoms with van der Waals surface area (Å²) >= 11 is 5.90. The van der Waals surface area contributed by atoms with E-state index in [9.17, 15) is 4.39 Å². The molecule has 4 heteroatoms. The first kappa shape index (κ1) is 12.9. The highest BCUT2D eigenvalue weighted by Gasteiger charge is 2.10. The molecule has 0 fully saturated rings. The minimum atomic E-state index is -0.505. The van der Waals surface area contributed by atoms with E-state index >= 15 is 0 Å². The summed E-state index contributed by atoms with van der Waals surface area (Å²) in [7, 11) is 0. The van der Waals surface area contributed by atoms with E-state index in [1.165, 1.54) is 12.1 Å². The minimum Gasteiger partial charge on any atom is -0.454 e. The van der Waals surface area contributed by atoms with Crippen molar-refractivity contribution in [3.05, 3.63) is 58.4 Å². The van der Waals surface area contributed by atoms with Crippen LogP contribution in [0.5, 0.6) is 11.5 Å². The highest BCUT2D eigenvalue weighted by Crippen LogP contribution is 2.30. The van der Waals surface area contributed by atoms with Gasteiger partial charge in [-0.2, -0.15) is 0 Å². The molecule has 2 aromatic carbocycles. The lowest BCUT2D eigenvalue weighted by atomic mass is 10.2. The molecule has 18 heavy (non-hydrogen) atoms. The number of aliphatic hydroxyl groups excluding tert-OH is 1. The molecule has 0 aliphatic rings. The van der Waals surface area contributed by atoms with E-state index in [4.69, 9.17) is 21.4 Å². The van der Waals surface area contributed by atoms with Crippen molar-refractivity contribution in [3.63, 3.8) is 0 Å². The van der Waals surface area contributed by atoms with Crippen molar-refractivity contribution in [2.75, 3.05) is 0 Å². The summed E-state index contributed by atoms with van der Waals surface area (Å²) in [6.45, 7) is 1.56. The third-order valence-corrected chi connectivity index (χ3v) is 2.99. The number of aryl methyl sites for hydroxylation is 1. The fourth-order valence-electron chi connectivity index (χ4n) is 1.59. The highest BCUT2D eigenvalue weighted by atomic mass is 35.5. The molecule has 0 aliphatic heterocycles. The zero-order valence-electron chi connectivity index (χ0n) is 9.78. The van der Waals surface area contributed by atoms with Crippen LogP contribution in [-0.4, -0.2) is 5.11 Å². The Morgan fingerprint density at radius 1 is 1.28 bits per heavy atom. The lowest BCUT2D eigenvalue weighted by Gasteiger charge is -2.11. The molecule has 0 unspecified atom stereocenters. The lowest BCUT2D eigenvalue weighted by molar-refractivity contribution is 0.274. The minimum absolute atomic E-state index is 0.0433. The Kier molecular flexibility index (Phi) is 3.84. The van der Waals surface area contributed by atoms with Crippen molar-refractivity contribution < 1.29 is 14.2 Å². The number of ether oxygens (including phenoxy) is 1. The molecule has 0 bridgehead atoms. The third-order valence-electron chi connectivity index (χ3n) is 2.57. The Labute approximate surface area is 110 Å². The van der Waals surface area contributed by atoms with Gasteiger partial charge in [-0.05, 0) is 36.8 Å². The largest absolute Gasteiger partial charge is 0.454 e. The Hall–Kier alpha value is -1.58. The normalized spacial score (nSPS) is 10.4. The van der Waals surface area contributed by atoms with Gasteiger partial charge in [-0.1, -0.05) is 23.7 Å². The molecule has 94 valence electrons. The SMILES string of the molecule is Cc1cc(Oc2c(F)cccc2CO)ccc1Cl. The number of hydrogen-bond donors (Lipinski definition) is 1. The van der Waals surface area contributed by atoms with Crippen LogP contribution in [0.2, 0.25) is 5.02 Å². The lowest BCUT2D eigenvalue weighted by Crippen LogP contribution is -1.95. The molecular formula is C14H12ClFO2. The van der Waals surface area contributed by atoms with Gasteiger partial charge in [0.25, 0.3) is 0 Å². The smallest absolute Gasteiger partial charge is 0.168 e. The summed E-state index contributed by atoms with van der Waals surface area (Å²) in [5.41, 5.74) is 1.25. The highest BCUT2D eigenvalue weighted by molar-refractivity contribution is 6.31. The summed E-state index contributed by atoms with van der Waals surface area (Å²) in [5.74, 6) is 0.0209. The van der Waals surface area contributed by atoms with Crippen LogP contribution in [0.25, 0.3) is 0 Å². The van der Waals surface area contributed by atoms with Crippen molar-refractivity contribution in [2.45, 2.75) is 13.5 Å². The van der Waals surface area contributed by atoms with Crippen LogP contribution in [0.1, 0.15) is 11.1 Å². The Bertz CT molecular complexity index is 570. The number of rotatable bonds is 3. The van der Waals surface area contributed by atoms with Gasteiger partial charge in [0.1, 0.15) is 5.75 Å². The summed E-state index contributed by atoms with van der Waals surface area (Å²) < 4.78 is 19.1. The van der Waals surface area contributed by atoms with Gasteiger partial charge in [-0.25, -0.2) is 4.39 Å². The van der Waals surface area contributed by atoms with Gasteiger partial charge < -0.3 is 9.84 Å². The third kappa shape index (κ3) is 2.63. The molecule has 0 aromatic heterocycles. The molecule has 2 rings (SSSR count). The molecule has 0 saturated heterocycles. The fourth-order valence-corrected chi connectivity index (χ4v) is 1.71. The van der Waals surface area contributed by atoms with Crippen molar-refractivity contribution in [1.82, 2.24) is 0 Å². The quantitative estimate of drug-likeness (QED) is 0.907. The molecule has 0 heterocycles. The second-order valence-corrected chi connectivity index (χ2v) is 4.31. The number of hydrogen-bond acceptors (Lipinski definition) is 2. The zero-order chi connectivity index (χ0) is 13.1. The Morgan fingerprint density at radius 3 is 2.72 bits per heavy atom. The second kappa shape index (κ2) is 5.38. The predicted octanol–water partition coefficient (Wildman–Crippen LogP) is 4.07. The molecule has 0 atom stereocenters. The average Bonchev–Trinajstić information content (AvgIpc) is 2.36. The van der Waals surface area contributed by atoms with Crippen LogP contribution in [0.3, 0.4) is 0 Å². The van der Waals surface area contributed by atoms with Gasteiger partial charge in [-0.15, -0.1) is 0 Å². The van der Waals surface area contributed by atoms with Crippen LogP contribution < -0.4 is 4.74 Å². The van der Waals surface area contributed by atoms with Gasteiger partial charge >= 0.3 is 0 Å². The van der Waals surface area contributed by atoms with Crippen LogP contribution in [0.4, 0.5) is 4.39 Å². The van der Waals surface area contributed by atoms with Crippen LogP contribution in [-0.2, 0) is 6.61 Å². The first-order valence-corrected chi connectivity index (χ1v) is 5.82. The Morgan fingerprint density at radius 2 is 2.06 bits per heavy atom. The molecular weight excluding hydrogens is 255 g/mol. The maximum atomic E-state index is 13.6. The zero-order valence-corrected chi connectivity index (χ0v) is 10.5. The van der Waals surface area contributed by atoms with E-state index < -0.39 is 5.82 Å². The fraction of sp³-hybridized carbons (Fsp3) is 0.143. The van der Waals surface area contributed by atoms with Gasteiger partial charge in [-0.3, -0.25) is 0 Å². The first-order valence-electron chi connectivity index (χ1n) is 5.44. The van der Waals surface area contributed by atoms with E-state index in [0.717, 1.165) is 5.56 Å². The average molecular weight is 267 g/mol. The molecule has 0 radical (unpaired) electrons. The number of aliphatic hydroxyl groups is 1. The topological polar surface area (TPSA) is 29.5 Å². The summed E-state index contributed by atoms with van der Waals surface area (Å²) in [6.07, 6.45) is 0. The van der Waals surface area contributed by atoms with Crippen LogP contribution in [0, 0.1) is 12.7 Å². The van der Waals surface area contributed by atoms with E-state index in [2.05, 4.69) is 0 Å². The van der Waals surface area contributed by atoms with Crippen molar-refractivity contribution >= 4 is 11.6 Å². The van der Waals surface area contributed by atoms with Gasteiger partial charge in [0.05, 0.1) is 6.61 Å². The van der Waals surface area contributed by atoms with E-state index in [-0.39, 0.29) is 12.4 Å². The van der Waals surface area contributed by atoms with E-state index in [1.807, 2.05) is 6.92 Å². The Balaban J connectivity index is 2.36. The summed E-state index contributed by atoms with van der Waals surface area (Å²) in [6, 6.07) is 9.49. The van der Waals surface area contributed by atoms with Crippen molar-refractivity contribution in [3.8, 4) is 11.5 Å². The second-order valence-electron chi connectivity index (χ2n) is 3.90. The number of benzene rings is 2. The molecule has 0 spiro atoms. The summed E-state index contributed by atoms with van der Waals surface area (Å²) in [4.78, 5) is 0.